The van der Waals surface area contributed by atoms with Crippen LogP contribution >= 0.6 is 0 Å². The summed E-state index contributed by atoms with van der Waals surface area (Å²) >= 11 is 0. The van der Waals surface area contributed by atoms with Crippen molar-refractivity contribution in [2.24, 2.45) is 22.7 Å². The zero-order valence-electron chi connectivity index (χ0n) is 23.2. The van der Waals surface area contributed by atoms with Crippen molar-refractivity contribution in [3.63, 3.8) is 0 Å². The number of rotatable bonds is 9. The van der Waals surface area contributed by atoms with Crippen LogP contribution in [0.3, 0.4) is 0 Å². The first kappa shape index (κ1) is 29.0. The normalized spacial score (nSPS) is 28.7. The van der Waals surface area contributed by atoms with Crippen molar-refractivity contribution in [2.45, 2.75) is 124 Å². The molecule has 2 saturated carbocycles. The minimum Gasteiger partial charge on any atom is -0.515 e. The van der Waals surface area contributed by atoms with Crippen LogP contribution in [-0.2, 0) is 14.0 Å². The summed E-state index contributed by atoms with van der Waals surface area (Å²) in [6.45, 7) is 24.2. The van der Waals surface area contributed by atoms with Crippen LogP contribution < -0.4 is 0 Å². The predicted octanol–water partition coefficient (Wildman–Crippen LogP) is 7.38. The number of fused-ring (bicyclic) bond motifs is 1. The number of carbonyl (C=O) groups excluding carboxylic acids is 2. The molecule has 34 heavy (non-hydrogen) atoms. The maximum Gasteiger partial charge on any atom is 0.323 e. The lowest BCUT2D eigenvalue weighted by molar-refractivity contribution is -0.133. The van der Waals surface area contributed by atoms with Gasteiger partial charge in [0.15, 0.2) is 0 Å². The van der Waals surface area contributed by atoms with Gasteiger partial charge in [-0.25, -0.2) is 4.79 Å². The molecule has 5 heteroatoms. The predicted molar refractivity (Wildman–Crippen MR) is 143 cm³/mol. The fourth-order valence-corrected chi connectivity index (χ4v) is 13.2. The molecule has 0 bridgehead atoms. The van der Waals surface area contributed by atoms with E-state index in [2.05, 4.69) is 68.9 Å². The fourth-order valence-electron chi connectivity index (χ4n) is 8.02. The lowest BCUT2D eigenvalue weighted by atomic mass is 9.47. The molecule has 2 rings (SSSR count). The number of carbonyl (C=O) groups is 2. The Morgan fingerprint density at radius 2 is 1.68 bits per heavy atom. The van der Waals surface area contributed by atoms with Gasteiger partial charge in [-0.1, -0.05) is 80.9 Å². The van der Waals surface area contributed by atoms with E-state index in [1.165, 1.54) is 24.5 Å². The molecule has 0 aromatic heterocycles. The Kier molecular flexibility index (Phi) is 9.24. The quantitative estimate of drug-likeness (QED) is 0.158. The fraction of sp³-hybridized carbons (Fsp3) is 0.793. The first-order chi connectivity index (χ1) is 15.6. The van der Waals surface area contributed by atoms with Gasteiger partial charge < -0.3 is 9.53 Å². The third-order valence-corrected chi connectivity index (χ3v) is 15.5. The van der Waals surface area contributed by atoms with Crippen molar-refractivity contribution in [3.05, 3.63) is 23.8 Å². The van der Waals surface area contributed by atoms with E-state index >= 15 is 0 Å². The first-order valence-corrected chi connectivity index (χ1v) is 15.5. The second-order valence-electron chi connectivity index (χ2n) is 12.9. The third-order valence-electron chi connectivity index (χ3n) is 9.60. The Hall–Kier alpha value is -1.20. The van der Waals surface area contributed by atoms with Crippen LogP contribution in [0.5, 0.6) is 0 Å². The molecular weight excluding hydrogens is 440 g/mol. The highest BCUT2D eigenvalue weighted by atomic mass is 28.4. The summed E-state index contributed by atoms with van der Waals surface area (Å²) in [5.41, 5.74) is 2.26. The average Bonchev–Trinajstić information content (AvgIpc) is 2.71. The number of aliphatic hydroxyl groups excluding tert-OH is 1. The van der Waals surface area contributed by atoms with E-state index in [0.29, 0.717) is 18.6 Å². The van der Waals surface area contributed by atoms with Gasteiger partial charge in [-0.15, -0.1) is 0 Å². The largest absolute Gasteiger partial charge is 0.515 e. The van der Waals surface area contributed by atoms with E-state index in [4.69, 9.17) is 4.43 Å². The number of allylic oxidation sites excluding steroid dienone is 2. The summed E-state index contributed by atoms with van der Waals surface area (Å²) in [6.07, 6.45) is 6.81. The molecule has 4 atom stereocenters. The van der Waals surface area contributed by atoms with E-state index in [1.54, 1.807) is 0 Å². The molecular formula is C29H50O4Si. The summed E-state index contributed by atoms with van der Waals surface area (Å²) in [7, 11) is -2.49. The number of hydrogen-bond acceptors (Lipinski definition) is 4. The molecule has 0 aromatic carbocycles. The summed E-state index contributed by atoms with van der Waals surface area (Å²) in [5, 5.41) is 11.4. The van der Waals surface area contributed by atoms with Crippen molar-refractivity contribution in [1.82, 2.24) is 0 Å². The number of aliphatic hydroxyl groups is 1. The molecule has 1 N–H and O–H groups in total. The molecule has 0 heterocycles. The van der Waals surface area contributed by atoms with E-state index < -0.39 is 20.4 Å². The molecule has 0 aliphatic heterocycles. The summed E-state index contributed by atoms with van der Waals surface area (Å²) in [5.74, 6) is 0.158. The molecule has 0 aromatic rings. The van der Waals surface area contributed by atoms with E-state index in [1.807, 2.05) is 0 Å². The van der Waals surface area contributed by atoms with Gasteiger partial charge in [0.05, 0.1) is 11.7 Å². The van der Waals surface area contributed by atoms with Crippen LogP contribution in [0, 0.1) is 22.7 Å². The molecule has 0 unspecified atom stereocenters. The van der Waals surface area contributed by atoms with Crippen LogP contribution in [0.1, 0.15) is 101 Å². The van der Waals surface area contributed by atoms with Gasteiger partial charge in [0.25, 0.3) is 8.32 Å². The van der Waals surface area contributed by atoms with Gasteiger partial charge in [0.1, 0.15) is 6.29 Å². The Morgan fingerprint density at radius 3 is 2.18 bits per heavy atom. The minimum absolute atomic E-state index is 0.0422. The summed E-state index contributed by atoms with van der Waals surface area (Å²) < 4.78 is 6.33. The van der Waals surface area contributed by atoms with Gasteiger partial charge in [-0.3, -0.25) is 4.79 Å². The smallest absolute Gasteiger partial charge is 0.323 e. The molecule has 0 radical (unpaired) electrons. The van der Waals surface area contributed by atoms with Crippen molar-refractivity contribution in [3.8, 4) is 0 Å². The summed E-state index contributed by atoms with van der Waals surface area (Å²) in [6, 6.07) is 0. The third kappa shape index (κ3) is 5.30. The molecule has 2 aliphatic rings. The highest BCUT2D eigenvalue weighted by Gasteiger charge is 2.54. The zero-order chi connectivity index (χ0) is 26.1. The van der Waals surface area contributed by atoms with Gasteiger partial charge in [0.2, 0.25) is 0 Å². The minimum atomic E-state index is -2.49. The van der Waals surface area contributed by atoms with Crippen molar-refractivity contribution >= 4 is 20.6 Å². The highest BCUT2D eigenvalue weighted by Crippen LogP contribution is 2.61. The van der Waals surface area contributed by atoms with Gasteiger partial charge in [-0.2, -0.15) is 0 Å². The molecule has 0 amide bonds. The second kappa shape index (κ2) is 10.8. The summed E-state index contributed by atoms with van der Waals surface area (Å²) in [4.78, 5) is 25.0. The molecule has 0 spiro atoms. The van der Waals surface area contributed by atoms with Crippen molar-refractivity contribution in [1.29, 1.82) is 0 Å². The maximum atomic E-state index is 13.5. The number of aldehydes is 1. The monoisotopic (exact) mass is 490 g/mol. The van der Waals surface area contributed by atoms with Crippen LogP contribution in [0.4, 0.5) is 0 Å². The Labute approximate surface area is 209 Å². The second-order valence-corrected chi connectivity index (χ2v) is 18.2. The number of hydrogen-bond donors (Lipinski definition) is 1. The molecule has 2 fully saturated rings. The van der Waals surface area contributed by atoms with Crippen LogP contribution in [0.2, 0.25) is 16.6 Å². The molecule has 2 aliphatic carbocycles. The van der Waals surface area contributed by atoms with Gasteiger partial charge >= 0.3 is 5.97 Å². The lowest BCUT2D eigenvalue weighted by Gasteiger charge is -2.58. The van der Waals surface area contributed by atoms with E-state index in [0.717, 1.165) is 19.3 Å². The Balaban J connectivity index is 2.35. The van der Waals surface area contributed by atoms with Gasteiger partial charge in [-0.05, 0) is 77.5 Å². The van der Waals surface area contributed by atoms with E-state index in [-0.39, 0.29) is 38.9 Å². The average molecular weight is 491 g/mol. The molecule has 0 saturated heterocycles. The van der Waals surface area contributed by atoms with Crippen LogP contribution in [-0.4, -0.2) is 31.8 Å². The standard InChI is InChI=1S/C29H50O4Si/c1-19(2)34(20(3)4,21(5)6)33-27(32)23(14-17-30)25(31)18-24-22(7)12-13-26-28(8,9)15-11-16-29(24,26)10/h14,17,19-21,24-26,31H,7,11-13,15-16,18H2,1-6,8-10H3/b23-14-/t24-,25-,26-,29+/m0/s1. The topological polar surface area (TPSA) is 63.6 Å². The Bertz CT molecular complexity index is 772. The van der Waals surface area contributed by atoms with Gasteiger partial charge in [0, 0.05) is 0 Å². The van der Waals surface area contributed by atoms with Crippen LogP contribution in [0.25, 0.3) is 0 Å². The van der Waals surface area contributed by atoms with Crippen molar-refractivity contribution < 1.29 is 19.1 Å². The lowest BCUT2D eigenvalue weighted by Crippen LogP contribution is -2.51. The van der Waals surface area contributed by atoms with E-state index in [9.17, 15) is 14.7 Å². The van der Waals surface area contributed by atoms with Crippen LogP contribution in [0.15, 0.2) is 23.8 Å². The maximum absolute atomic E-state index is 13.5. The molecule has 194 valence electrons. The first-order valence-electron chi connectivity index (χ1n) is 13.4. The highest BCUT2D eigenvalue weighted by molar-refractivity contribution is 6.79. The zero-order valence-corrected chi connectivity index (χ0v) is 24.2. The SMILES string of the molecule is C=C1CC[C@H]2C(C)(C)CCC[C@]2(C)[C@H]1C[C@H](O)/C(=C/C=O)C(=O)O[Si](C(C)C)(C(C)C)C(C)C. The van der Waals surface area contributed by atoms with Crippen molar-refractivity contribution in [2.75, 3.05) is 0 Å². The Morgan fingerprint density at radius 1 is 1.12 bits per heavy atom. The molecule has 4 nitrogen and oxygen atoms in total.